The van der Waals surface area contributed by atoms with Crippen LogP contribution in [-0.4, -0.2) is 35.9 Å². The molecule has 1 heterocycles. The van der Waals surface area contributed by atoms with Crippen LogP contribution in [0.15, 0.2) is 41.3 Å². The van der Waals surface area contributed by atoms with Gasteiger partial charge in [0.2, 0.25) is 10.0 Å². The van der Waals surface area contributed by atoms with Gasteiger partial charge in [-0.05, 0) is 50.6 Å². The Hall–Kier alpha value is -1.96. The first-order valence-corrected chi connectivity index (χ1v) is 9.59. The van der Waals surface area contributed by atoms with E-state index < -0.39 is 10.0 Å². The van der Waals surface area contributed by atoms with E-state index in [0.29, 0.717) is 18.8 Å². The van der Waals surface area contributed by atoms with E-state index in [9.17, 15) is 13.5 Å². The highest BCUT2D eigenvalue weighted by atomic mass is 32.2. The molecule has 0 unspecified atom stereocenters. The van der Waals surface area contributed by atoms with Gasteiger partial charge in [0, 0.05) is 31.9 Å². The van der Waals surface area contributed by atoms with Crippen molar-refractivity contribution in [2.75, 3.05) is 7.05 Å². The van der Waals surface area contributed by atoms with Crippen molar-refractivity contribution < 1.29 is 13.5 Å². The van der Waals surface area contributed by atoms with Crippen LogP contribution in [0.25, 0.3) is 0 Å². The van der Waals surface area contributed by atoms with Crippen LogP contribution in [0.1, 0.15) is 30.8 Å². The van der Waals surface area contributed by atoms with Gasteiger partial charge in [-0.2, -0.15) is 4.31 Å². The number of rotatable bonds is 7. The number of aryl methyl sites for hydroxylation is 1. The van der Waals surface area contributed by atoms with Crippen LogP contribution in [0, 0.1) is 6.92 Å². The maximum atomic E-state index is 12.4. The van der Waals surface area contributed by atoms with Crippen LogP contribution in [0.4, 0.5) is 0 Å². The van der Waals surface area contributed by atoms with E-state index in [2.05, 4.69) is 10.3 Å². The summed E-state index contributed by atoms with van der Waals surface area (Å²) in [6, 6.07) is 10.1. The lowest BCUT2D eigenvalue weighted by atomic mass is 10.2. The van der Waals surface area contributed by atoms with Crippen molar-refractivity contribution in [2.45, 2.75) is 44.8 Å². The van der Waals surface area contributed by atoms with Crippen molar-refractivity contribution in [3.8, 4) is 5.75 Å². The molecular formula is C18H25N3O3S. The second-order valence-electron chi connectivity index (χ2n) is 6.28. The van der Waals surface area contributed by atoms with Gasteiger partial charge in [-0.25, -0.2) is 8.42 Å². The van der Waals surface area contributed by atoms with Gasteiger partial charge in [-0.15, -0.1) is 0 Å². The fraction of sp³-hybridized carbons (Fsp3) is 0.389. The number of hydrogen-bond donors (Lipinski definition) is 2. The van der Waals surface area contributed by atoms with E-state index in [4.69, 9.17) is 0 Å². The molecule has 2 N–H and O–H groups in total. The van der Waals surface area contributed by atoms with Gasteiger partial charge in [0.05, 0.1) is 10.6 Å². The van der Waals surface area contributed by atoms with Crippen molar-refractivity contribution >= 4 is 10.0 Å². The number of nitrogens with zero attached hydrogens (tertiary/aromatic N) is 2. The third-order valence-electron chi connectivity index (χ3n) is 4.04. The SMILES string of the molecule is Cc1ccc(O)c(CNCc2ccc(S(=O)(=O)N(C)C(C)C)cc2)n1. The summed E-state index contributed by atoms with van der Waals surface area (Å²) >= 11 is 0. The standard InChI is InChI=1S/C18H25N3O3S/c1-13(2)21(4)25(23,24)16-8-6-15(7-9-16)11-19-12-17-18(22)10-5-14(3)20-17/h5-10,13,19,22H,11-12H2,1-4H3. The summed E-state index contributed by atoms with van der Waals surface area (Å²) in [5.41, 5.74) is 2.40. The average Bonchev–Trinajstić information content (AvgIpc) is 2.57. The zero-order valence-electron chi connectivity index (χ0n) is 15.0. The van der Waals surface area contributed by atoms with Crippen molar-refractivity contribution in [3.05, 3.63) is 53.3 Å². The summed E-state index contributed by atoms with van der Waals surface area (Å²) in [5, 5.41) is 13.0. The number of benzene rings is 1. The van der Waals surface area contributed by atoms with Crippen LogP contribution in [-0.2, 0) is 23.1 Å². The first-order valence-electron chi connectivity index (χ1n) is 8.15. The summed E-state index contributed by atoms with van der Waals surface area (Å²) in [7, 11) is -1.88. The highest BCUT2D eigenvalue weighted by molar-refractivity contribution is 7.89. The number of hydrogen-bond acceptors (Lipinski definition) is 5. The second-order valence-corrected chi connectivity index (χ2v) is 8.28. The van der Waals surface area contributed by atoms with Gasteiger partial charge in [-0.3, -0.25) is 4.98 Å². The smallest absolute Gasteiger partial charge is 0.243 e. The van der Waals surface area contributed by atoms with Crippen LogP contribution in [0.2, 0.25) is 0 Å². The summed E-state index contributed by atoms with van der Waals surface area (Å²) in [6.45, 7) is 6.53. The molecule has 6 nitrogen and oxygen atoms in total. The van der Waals surface area contributed by atoms with Gasteiger partial charge >= 0.3 is 0 Å². The van der Waals surface area contributed by atoms with E-state index in [1.165, 1.54) is 4.31 Å². The van der Waals surface area contributed by atoms with E-state index >= 15 is 0 Å². The number of aromatic nitrogens is 1. The first-order chi connectivity index (χ1) is 11.7. The first kappa shape index (κ1) is 19.4. The minimum Gasteiger partial charge on any atom is -0.506 e. The number of pyridine rings is 1. The molecule has 0 spiro atoms. The predicted molar refractivity (Wildman–Crippen MR) is 97.7 cm³/mol. The molecule has 1 aromatic carbocycles. The maximum absolute atomic E-state index is 12.4. The highest BCUT2D eigenvalue weighted by Crippen LogP contribution is 2.18. The summed E-state index contributed by atoms with van der Waals surface area (Å²) < 4.78 is 26.2. The van der Waals surface area contributed by atoms with Gasteiger partial charge < -0.3 is 10.4 Å². The molecule has 0 aliphatic carbocycles. The molecule has 7 heteroatoms. The minimum absolute atomic E-state index is 0.0964. The molecule has 0 radical (unpaired) electrons. The molecular weight excluding hydrogens is 338 g/mol. The number of aromatic hydroxyl groups is 1. The Balaban J connectivity index is 2.00. The van der Waals surface area contributed by atoms with Crippen molar-refractivity contribution in [1.29, 1.82) is 0 Å². The minimum atomic E-state index is -3.46. The zero-order chi connectivity index (χ0) is 18.6. The largest absolute Gasteiger partial charge is 0.506 e. The Kier molecular flexibility index (Phi) is 6.16. The van der Waals surface area contributed by atoms with Crippen molar-refractivity contribution in [1.82, 2.24) is 14.6 Å². The Morgan fingerprint density at radius 3 is 2.36 bits per heavy atom. The van der Waals surface area contributed by atoms with Gasteiger partial charge in [-0.1, -0.05) is 12.1 Å². The predicted octanol–water partition coefficient (Wildman–Crippen LogP) is 2.41. The van der Waals surface area contributed by atoms with E-state index in [0.717, 1.165) is 11.3 Å². The van der Waals surface area contributed by atoms with E-state index in [-0.39, 0.29) is 16.7 Å². The molecule has 2 rings (SSSR count). The maximum Gasteiger partial charge on any atom is 0.243 e. The van der Waals surface area contributed by atoms with Crippen molar-refractivity contribution in [3.63, 3.8) is 0 Å². The van der Waals surface area contributed by atoms with Crippen molar-refractivity contribution in [2.24, 2.45) is 0 Å². The lowest BCUT2D eigenvalue weighted by Crippen LogP contribution is -2.33. The Morgan fingerprint density at radius 1 is 1.12 bits per heavy atom. The monoisotopic (exact) mass is 363 g/mol. The summed E-state index contributed by atoms with van der Waals surface area (Å²) in [4.78, 5) is 4.57. The molecule has 0 fully saturated rings. The molecule has 0 aliphatic heterocycles. The molecule has 25 heavy (non-hydrogen) atoms. The van der Waals surface area contributed by atoms with E-state index in [1.807, 2.05) is 20.8 Å². The molecule has 136 valence electrons. The zero-order valence-corrected chi connectivity index (χ0v) is 15.8. The van der Waals surface area contributed by atoms with Crippen LogP contribution in [0.5, 0.6) is 5.75 Å². The molecule has 0 saturated carbocycles. The molecule has 0 atom stereocenters. The van der Waals surface area contributed by atoms with Crippen LogP contribution >= 0.6 is 0 Å². The number of sulfonamides is 1. The van der Waals surface area contributed by atoms with Gasteiger partial charge in [0.15, 0.2) is 0 Å². The van der Waals surface area contributed by atoms with E-state index in [1.54, 1.807) is 43.4 Å². The Morgan fingerprint density at radius 2 is 1.76 bits per heavy atom. The molecule has 1 aromatic heterocycles. The van der Waals surface area contributed by atoms with Gasteiger partial charge in [0.25, 0.3) is 0 Å². The molecule has 0 amide bonds. The normalized spacial score (nSPS) is 12.1. The third-order valence-corrected chi connectivity index (χ3v) is 6.09. The van der Waals surface area contributed by atoms with Crippen LogP contribution < -0.4 is 5.32 Å². The Bertz CT molecular complexity index is 818. The fourth-order valence-electron chi connectivity index (χ4n) is 2.28. The molecule has 0 bridgehead atoms. The summed E-state index contributed by atoms with van der Waals surface area (Å²) in [6.07, 6.45) is 0. The second kappa shape index (κ2) is 7.95. The average molecular weight is 363 g/mol. The lowest BCUT2D eigenvalue weighted by Gasteiger charge is -2.21. The highest BCUT2D eigenvalue weighted by Gasteiger charge is 2.22. The van der Waals surface area contributed by atoms with Gasteiger partial charge in [0.1, 0.15) is 5.75 Å². The Labute approximate surface area is 149 Å². The molecule has 0 saturated heterocycles. The third kappa shape index (κ3) is 4.78. The molecule has 2 aromatic rings. The molecule has 0 aliphatic rings. The quantitative estimate of drug-likeness (QED) is 0.789. The van der Waals surface area contributed by atoms with Crippen LogP contribution in [0.3, 0.4) is 0 Å². The summed E-state index contributed by atoms with van der Waals surface area (Å²) in [5.74, 6) is 0.163. The number of nitrogens with one attached hydrogen (secondary N) is 1. The lowest BCUT2D eigenvalue weighted by molar-refractivity contribution is 0.410. The fourth-order valence-corrected chi connectivity index (χ4v) is 3.65. The topological polar surface area (TPSA) is 82.5 Å².